The zero-order chi connectivity index (χ0) is 12.3. The van der Waals surface area contributed by atoms with Gasteiger partial charge in [0.2, 0.25) is 5.91 Å². The van der Waals surface area contributed by atoms with Crippen LogP contribution in [0.3, 0.4) is 0 Å². The molecule has 3 nitrogen and oxygen atoms in total. The van der Waals surface area contributed by atoms with E-state index in [0.29, 0.717) is 11.9 Å². The number of nitrogens with zero attached hydrogens (tertiary/aromatic N) is 1. The maximum absolute atomic E-state index is 12.4. The Bertz CT molecular complexity index is 257. The van der Waals surface area contributed by atoms with Crippen molar-refractivity contribution >= 4 is 5.91 Å². The molecule has 0 aromatic heterocycles. The lowest BCUT2D eigenvalue weighted by Gasteiger charge is -2.41. The van der Waals surface area contributed by atoms with E-state index in [1.807, 2.05) is 0 Å². The largest absolute Gasteiger partial charge is 0.338 e. The number of carbonyl (C=O) groups excluding carboxylic acids is 1. The first-order valence-corrected chi connectivity index (χ1v) is 7.26. The molecule has 0 radical (unpaired) electrons. The Morgan fingerprint density at radius 1 is 1.24 bits per heavy atom. The van der Waals surface area contributed by atoms with Crippen LogP contribution in [0, 0.1) is 5.92 Å². The van der Waals surface area contributed by atoms with E-state index in [2.05, 4.69) is 24.1 Å². The minimum atomic E-state index is 0.0908. The Balaban J connectivity index is 1.93. The highest BCUT2D eigenvalue weighted by Crippen LogP contribution is 2.29. The molecule has 0 spiro atoms. The summed E-state index contributed by atoms with van der Waals surface area (Å²) in [4.78, 5) is 14.5. The minimum absolute atomic E-state index is 0.0908. The van der Waals surface area contributed by atoms with Gasteiger partial charge in [-0.2, -0.15) is 0 Å². The van der Waals surface area contributed by atoms with Crippen molar-refractivity contribution in [2.75, 3.05) is 13.1 Å². The highest BCUT2D eigenvalue weighted by atomic mass is 16.2. The molecule has 2 aliphatic rings. The second-order valence-corrected chi connectivity index (χ2v) is 5.70. The molecule has 17 heavy (non-hydrogen) atoms. The molecule has 1 saturated carbocycles. The van der Waals surface area contributed by atoms with Crippen molar-refractivity contribution in [2.45, 2.75) is 64.5 Å². The predicted molar refractivity (Wildman–Crippen MR) is 69.8 cm³/mol. The zero-order valence-electron chi connectivity index (χ0n) is 11.2. The lowest BCUT2D eigenvalue weighted by atomic mass is 9.85. The summed E-state index contributed by atoms with van der Waals surface area (Å²) in [5, 5.41) is 3.32. The number of carbonyl (C=O) groups is 1. The van der Waals surface area contributed by atoms with E-state index in [9.17, 15) is 4.79 Å². The van der Waals surface area contributed by atoms with Crippen LogP contribution in [0.15, 0.2) is 0 Å². The summed E-state index contributed by atoms with van der Waals surface area (Å²) in [6.07, 6.45) is 7.19. The first-order valence-electron chi connectivity index (χ1n) is 7.26. The SMILES string of the molecule is CCNC1CCCN(C2CCC(C)CC2)C1=O. The van der Waals surface area contributed by atoms with Crippen LogP contribution >= 0.6 is 0 Å². The lowest BCUT2D eigenvalue weighted by Crippen LogP contribution is -2.54. The summed E-state index contributed by atoms with van der Waals surface area (Å²) in [5.41, 5.74) is 0. The molecular formula is C14H26N2O. The summed E-state index contributed by atoms with van der Waals surface area (Å²) < 4.78 is 0. The van der Waals surface area contributed by atoms with E-state index in [-0.39, 0.29) is 6.04 Å². The van der Waals surface area contributed by atoms with E-state index in [1.165, 1.54) is 25.7 Å². The highest BCUT2D eigenvalue weighted by Gasteiger charge is 2.33. The van der Waals surface area contributed by atoms with Gasteiger partial charge in [0.15, 0.2) is 0 Å². The Kier molecular flexibility index (Phi) is 4.43. The number of hydrogen-bond donors (Lipinski definition) is 1. The fourth-order valence-corrected chi connectivity index (χ4v) is 3.25. The number of rotatable bonds is 3. The van der Waals surface area contributed by atoms with Gasteiger partial charge >= 0.3 is 0 Å². The molecule has 1 saturated heterocycles. The second-order valence-electron chi connectivity index (χ2n) is 5.70. The number of hydrogen-bond acceptors (Lipinski definition) is 2. The van der Waals surface area contributed by atoms with Gasteiger partial charge in [0, 0.05) is 12.6 Å². The van der Waals surface area contributed by atoms with Gasteiger partial charge in [-0.15, -0.1) is 0 Å². The van der Waals surface area contributed by atoms with E-state index >= 15 is 0 Å². The molecule has 1 N–H and O–H groups in total. The minimum Gasteiger partial charge on any atom is -0.338 e. The third kappa shape index (κ3) is 3.01. The molecule has 0 aromatic rings. The summed E-state index contributed by atoms with van der Waals surface area (Å²) in [6.45, 7) is 6.29. The fourth-order valence-electron chi connectivity index (χ4n) is 3.25. The standard InChI is InChI=1S/C14H26N2O/c1-3-15-13-5-4-10-16(14(13)17)12-8-6-11(2)7-9-12/h11-13,15H,3-10H2,1-2H3. The van der Waals surface area contributed by atoms with Crippen LogP contribution < -0.4 is 5.32 Å². The van der Waals surface area contributed by atoms with Crippen molar-refractivity contribution in [3.63, 3.8) is 0 Å². The third-order valence-corrected chi connectivity index (χ3v) is 4.35. The maximum atomic E-state index is 12.4. The Morgan fingerprint density at radius 3 is 2.59 bits per heavy atom. The number of piperidine rings is 1. The van der Waals surface area contributed by atoms with Crippen LogP contribution in [-0.4, -0.2) is 36.0 Å². The molecular weight excluding hydrogens is 212 g/mol. The van der Waals surface area contributed by atoms with Crippen molar-refractivity contribution in [1.82, 2.24) is 10.2 Å². The smallest absolute Gasteiger partial charge is 0.239 e. The number of likely N-dealkylation sites (tertiary alicyclic amines) is 1. The third-order valence-electron chi connectivity index (χ3n) is 4.35. The molecule has 2 rings (SSSR count). The first-order chi connectivity index (χ1) is 8.22. The van der Waals surface area contributed by atoms with Crippen LogP contribution in [0.2, 0.25) is 0 Å². The van der Waals surface area contributed by atoms with Crippen LogP contribution in [-0.2, 0) is 4.79 Å². The van der Waals surface area contributed by atoms with Gasteiger partial charge in [-0.05, 0) is 51.0 Å². The molecule has 3 heteroatoms. The molecule has 0 bridgehead atoms. The highest BCUT2D eigenvalue weighted by molar-refractivity contribution is 5.82. The average Bonchev–Trinajstić information content (AvgIpc) is 2.34. The quantitative estimate of drug-likeness (QED) is 0.817. The summed E-state index contributed by atoms with van der Waals surface area (Å²) in [6, 6.07) is 0.619. The van der Waals surface area contributed by atoms with E-state index in [0.717, 1.165) is 31.8 Å². The van der Waals surface area contributed by atoms with Crippen LogP contribution in [0.4, 0.5) is 0 Å². The Morgan fingerprint density at radius 2 is 1.94 bits per heavy atom. The van der Waals surface area contributed by atoms with Gasteiger partial charge in [0.25, 0.3) is 0 Å². The van der Waals surface area contributed by atoms with Crippen molar-refractivity contribution < 1.29 is 4.79 Å². The normalized spacial score (nSPS) is 35.1. The van der Waals surface area contributed by atoms with Gasteiger partial charge < -0.3 is 10.2 Å². The van der Waals surface area contributed by atoms with Gasteiger partial charge in [-0.1, -0.05) is 13.8 Å². The van der Waals surface area contributed by atoms with Crippen LogP contribution in [0.1, 0.15) is 52.4 Å². The van der Waals surface area contributed by atoms with Crippen molar-refractivity contribution in [3.05, 3.63) is 0 Å². The van der Waals surface area contributed by atoms with Crippen LogP contribution in [0.5, 0.6) is 0 Å². The van der Waals surface area contributed by atoms with Crippen molar-refractivity contribution in [1.29, 1.82) is 0 Å². The lowest BCUT2D eigenvalue weighted by molar-refractivity contribution is -0.139. The predicted octanol–water partition coefficient (Wildman–Crippen LogP) is 2.17. The molecule has 1 unspecified atom stereocenters. The van der Waals surface area contributed by atoms with E-state index in [4.69, 9.17) is 0 Å². The van der Waals surface area contributed by atoms with Gasteiger partial charge in [0.1, 0.15) is 0 Å². The fraction of sp³-hybridized carbons (Fsp3) is 0.929. The average molecular weight is 238 g/mol. The van der Waals surface area contributed by atoms with Crippen molar-refractivity contribution in [3.8, 4) is 0 Å². The maximum Gasteiger partial charge on any atom is 0.239 e. The summed E-state index contributed by atoms with van der Waals surface area (Å²) in [7, 11) is 0. The number of likely N-dealkylation sites (N-methyl/N-ethyl adjacent to an activating group) is 1. The van der Waals surface area contributed by atoms with E-state index < -0.39 is 0 Å². The number of nitrogens with one attached hydrogen (secondary N) is 1. The van der Waals surface area contributed by atoms with Crippen molar-refractivity contribution in [2.24, 2.45) is 5.92 Å². The molecule has 1 aliphatic heterocycles. The second kappa shape index (κ2) is 5.85. The molecule has 0 aromatic carbocycles. The summed E-state index contributed by atoms with van der Waals surface area (Å²) in [5.74, 6) is 1.22. The molecule has 1 amide bonds. The molecule has 1 aliphatic carbocycles. The Hall–Kier alpha value is -0.570. The molecule has 1 heterocycles. The van der Waals surface area contributed by atoms with Gasteiger partial charge in [-0.25, -0.2) is 0 Å². The van der Waals surface area contributed by atoms with E-state index in [1.54, 1.807) is 0 Å². The van der Waals surface area contributed by atoms with Gasteiger partial charge in [0.05, 0.1) is 6.04 Å². The topological polar surface area (TPSA) is 32.3 Å². The number of amides is 1. The summed E-state index contributed by atoms with van der Waals surface area (Å²) >= 11 is 0. The molecule has 98 valence electrons. The Labute approximate surface area is 105 Å². The monoisotopic (exact) mass is 238 g/mol. The zero-order valence-corrected chi connectivity index (χ0v) is 11.2. The van der Waals surface area contributed by atoms with Crippen LogP contribution in [0.25, 0.3) is 0 Å². The first kappa shape index (κ1) is 12.9. The van der Waals surface area contributed by atoms with Gasteiger partial charge in [-0.3, -0.25) is 4.79 Å². The molecule has 1 atom stereocenters. The molecule has 2 fully saturated rings.